The minimum Gasteiger partial charge on any atom is -0.493 e. The quantitative estimate of drug-likeness (QED) is 0.168. The van der Waals surface area contributed by atoms with E-state index in [4.69, 9.17) is 14.2 Å². The second-order valence-corrected chi connectivity index (χ2v) is 8.51. The largest absolute Gasteiger partial charge is 0.493 e. The summed E-state index contributed by atoms with van der Waals surface area (Å²) in [5, 5.41) is 2.55. The van der Waals surface area contributed by atoms with Gasteiger partial charge in [0.05, 0.1) is 13.0 Å². The summed E-state index contributed by atoms with van der Waals surface area (Å²) in [5.41, 5.74) is -0.263. The SMILES string of the molecule is C=N/C(C(=O)N[C@@H](C)C(=O)O[C@@H](C)[C@@H](C)C1CCCC1)=C(OC(=O)C(C)C)\C(=C/C)OC. The predicted molar refractivity (Wildman–Crippen MR) is 123 cm³/mol. The third-order valence-electron chi connectivity index (χ3n) is 5.86. The van der Waals surface area contributed by atoms with Gasteiger partial charge in [0, 0.05) is 0 Å². The Balaban J connectivity index is 2.96. The Morgan fingerprint density at radius 2 is 1.66 bits per heavy atom. The molecule has 0 aliphatic heterocycles. The van der Waals surface area contributed by atoms with Gasteiger partial charge in [0.25, 0.3) is 5.91 Å². The molecule has 0 unspecified atom stereocenters. The van der Waals surface area contributed by atoms with Crippen molar-refractivity contribution >= 4 is 24.6 Å². The van der Waals surface area contributed by atoms with E-state index in [2.05, 4.69) is 24.0 Å². The van der Waals surface area contributed by atoms with Crippen molar-refractivity contribution in [1.29, 1.82) is 0 Å². The molecule has 0 aromatic heterocycles. The number of nitrogens with zero attached hydrogens (tertiary/aromatic N) is 1. The van der Waals surface area contributed by atoms with Crippen LogP contribution in [0.2, 0.25) is 0 Å². The number of esters is 2. The molecular weight excluding hydrogens is 412 g/mol. The predicted octanol–water partition coefficient (Wildman–Crippen LogP) is 3.91. The first-order valence-corrected chi connectivity index (χ1v) is 11.2. The lowest BCUT2D eigenvalue weighted by Crippen LogP contribution is -2.42. The molecule has 1 aliphatic rings. The highest BCUT2D eigenvalue weighted by atomic mass is 16.6. The molecule has 0 aromatic rings. The summed E-state index contributed by atoms with van der Waals surface area (Å²) in [6.07, 6.45) is 6.00. The van der Waals surface area contributed by atoms with Crippen molar-refractivity contribution in [3.63, 3.8) is 0 Å². The molecule has 1 amide bonds. The number of nitrogens with one attached hydrogen (secondary N) is 1. The highest BCUT2D eigenvalue weighted by Crippen LogP contribution is 2.33. The molecule has 180 valence electrons. The number of hydrogen-bond acceptors (Lipinski definition) is 7. The van der Waals surface area contributed by atoms with Crippen LogP contribution in [-0.4, -0.2) is 43.8 Å². The lowest BCUT2D eigenvalue weighted by Gasteiger charge is -2.27. The maximum atomic E-state index is 12.9. The molecule has 0 bridgehead atoms. The Morgan fingerprint density at radius 3 is 2.12 bits per heavy atom. The third-order valence-corrected chi connectivity index (χ3v) is 5.86. The van der Waals surface area contributed by atoms with Crippen LogP contribution in [0, 0.1) is 17.8 Å². The highest BCUT2D eigenvalue weighted by molar-refractivity contribution is 5.97. The van der Waals surface area contributed by atoms with Crippen molar-refractivity contribution in [3.8, 4) is 0 Å². The van der Waals surface area contributed by atoms with Crippen molar-refractivity contribution < 1.29 is 28.6 Å². The first kappa shape index (κ1) is 27.4. The molecule has 0 radical (unpaired) electrons. The van der Waals surface area contributed by atoms with Gasteiger partial charge in [-0.25, -0.2) is 4.79 Å². The molecule has 32 heavy (non-hydrogen) atoms. The number of carbonyl (C=O) groups is 3. The van der Waals surface area contributed by atoms with Crippen LogP contribution in [0.5, 0.6) is 0 Å². The Hall–Kier alpha value is -2.64. The Labute approximate surface area is 191 Å². The zero-order valence-electron chi connectivity index (χ0n) is 20.4. The van der Waals surface area contributed by atoms with Crippen molar-refractivity contribution in [1.82, 2.24) is 5.32 Å². The number of amides is 1. The van der Waals surface area contributed by atoms with E-state index in [1.54, 1.807) is 20.8 Å². The number of carbonyl (C=O) groups excluding carboxylic acids is 3. The molecule has 0 heterocycles. The Kier molecular flexibility index (Phi) is 11.2. The number of hydrogen-bond donors (Lipinski definition) is 1. The minimum absolute atomic E-state index is 0.144. The maximum Gasteiger partial charge on any atom is 0.328 e. The van der Waals surface area contributed by atoms with Crippen LogP contribution >= 0.6 is 0 Å². The van der Waals surface area contributed by atoms with Gasteiger partial charge in [-0.2, -0.15) is 0 Å². The fourth-order valence-corrected chi connectivity index (χ4v) is 3.61. The van der Waals surface area contributed by atoms with Gasteiger partial charge in [0.2, 0.25) is 5.76 Å². The smallest absolute Gasteiger partial charge is 0.328 e. The van der Waals surface area contributed by atoms with Crippen LogP contribution in [0.15, 0.2) is 28.3 Å². The lowest BCUT2D eigenvalue weighted by atomic mass is 9.88. The summed E-state index contributed by atoms with van der Waals surface area (Å²) in [6, 6.07) is -0.934. The molecule has 1 rings (SSSR count). The summed E-state index contributed by atoms with van der Waals surface area (Å²) in [4.78, 5) is 41.3. The van der Waals surface area contributed by atoms with E-state index in [1.807, 2.05) is 6.92 Å². The standard InChI is InChI=1S/C24H38N2O6/c1-9-19(30-8)21(32-23(28)14(2)3)20(25-7)22(27)26-16(5)24(29)31-17(6)15(4)18-12-10-11-13-18/h9,14-18H,7,10-13H2,1-6,8H3,(H,26,27)/b19-9+,21-20+/t15-,16+,17+/m1/s1. The van der Waals surface area contributed by atoms with E-state index in [0.717, 1.165) is 12.8 Å². The fourth-order valence-electron chi connectivity index (χ4n) is 3.61. The second-order valence-electron chi connectivity index (χ2n) is 8.51. The van der Waals surface area contributed by atoms with E-state index >= 15 is 0 Å². The van der Waals surface area contributed by atoms with Crippen molar-refractivity contribution in [2.75, 3.05) is 7.11 Å². The van der Waals surface area contributed by atoms with E-state index in [0.29, 0.717) is 5.92 Å². The van der Waals surface area contributed by atoms with Crippen LogP contribution in [0.1, 0.15) is 67.2 Å². The van der Waals surface area contributed by atoms with Gasteiger partial charge in [0.15, 0.2) is 11.5 Å². The van der Waals surface area contributed by atoms with Crippen LogP contribution in [0.25, 0.3) is 0 Å². The summed E-state index contributed by atoms with van der Waals surface area (Å²) >= 11 is 0. The van der Waals surface area contributed by atoms with Gasteiger partial charge in [-0.1, -0.05) is 46.5 Å². The van der Waals surface area contributed by atoms with Gasteiger partial charge < -0.3 is 19.5 Å². The van der Waals surface area contributed by atoms with Gasteiger partial charge >= 0.3 is 11.9 Å². The molecule has 0 spiro atoms. The van der Waals surface area contributed by atoms with E-state index in [-0.39, 0.29) is 29.2 Å². The van der Waals surface area contributed by atoms with Crippen molar-refractivity contribution in [2.45, 2.75) is 79.4 Å². The van der Waals surface area contributed by atoms with Crippen LogP contribution in [0.3, 0.4) is 0 Å². The summed E-state index contributed by atoms with van der Waals surface area (Å²) in [6.45, 7) is 13.9. The minimum atomic E-state index is -0.934. The van der Waals surface area contributed by atoms with Gasteiger partial charge in [-0.3, -0.25) is 14.6 Å². The zero-order chi connectivity index (χ0) is 24.4. The van der Waals surface area contributed by atoms with Gasteiger partial charge in [-0.05, 0) is 45.4 Å². The second kappa shape index (κ2) is 13.0. The first-order valence-electron chi connectivity index (χ1n) is 11.2. The number of allylic oxidation sites excluding steroid dienone is 1. The molecule has 0 aromatic carbocycles. The number of ether oxygens (including phenoxy) is 3. The lowest BCUT2D eigenvalue weighted by molar-refractivity contribution is -0.154. The highest BCUT2D eigenvalue weighted by Gasteiger charge is 2.30. The molecule has 1 aliphatic carbocycles. The van der Waals surface area contributed by atoms with Crippen LogP contribution in [0.4, 0.5) is 0 Å². The molecule has 1 fully saturated rings. The number of rotatable bonds is 11. The third kappa shape index (κ3) is 7.50. The maximum absolute atomic E-state index is 12.9. The Bertz CT molecular complexity index is 750. The van der Waals surface area contributed by atoms with Crippen LogP contribution in [-0.2, 0) is 28.6 Å². The average Bonchev–Trinajstić information content (AvgIpc) is 3.28. The molecular formula is C24H38N2O6. The monoisotopic (exact) mass is 450 g/mol. The van der Waals surface area contributed by atoms with Gasteiger partial charge in [-0.15, -0.1) is 0 Å². The summed E-state index contributed by atoms with van der Waals surface area (Å²) < 4.78 is 16.2. The topological polar surface area (TPSA) is 103 Å². The number of aliphatic imine (C=N–C) groups is 1. The first-order chi connectivity index (χ1) is 15.1. The molecule has 3 atom stereocenters. The number of methoxy groups -OCH3 is 1. The molecule has 1 saturated carbocycles. The normalized spacial score (nSPS) is 18.3. The molecule has 8 nitrogen and oxygen atoms in total. The zero-order valence-corrected chi connectivity index (χ0v) is 20.4. The molecule has 1 N–H and O–H groups in total. The van der Waals surface area contributed by atoms with Gasteiger partial charge in [0.1, 0.15) is 12.1 Å². The fraction of sp³-hybridized carbons (Fsp3) is 0.667. The Morgan fingerprint density at radius 1 is 1.06 bits per heavy atom. The van der Waals surface area contributed by atoms with Crippen molar-refractivity contribution in [3.05, 3.63) is 23.3 Å². The van der Waals surface area contributed by atoms with Crippen LogP contribution < -0.4 is 5.32 Å². The van der Waals surface area contributed by atoms with Crippen molar-refractivity contribution in [2.24, 2.45) is 22.7 Å². The average molecular weight is 451 g/mol. The van der Waals surface area contributed by atoms with E-state index in [9.17, 15) is 14.4 Å². The summed E-state index contributed by atoms with van der Waals surface area (Å²) in [5.74, 6) is -1.50. The molecule has 0 saturated heterocycles. The van der Waals surface area contributed by atoms with E-state index in [1.165, 1.54) is 33.0 Å². The summed E-state index contributed by atoms with van der Waals surface area (Å²) in [7, 11) is 1.38. The molecule has 8 heteroatoms. The van der Waals surface area contributed by atoms with E-state index < -0.39 is 29.8 Å².